The smallest absolute Gasteiger partial charge is 0.244 e. The number of sulfonamides is 1. The van der Waals surface area contributed by atoms with Crippen molar-refractivity contribution in [3.63, 3.8) is 0 Å². The minimum atomic E-state index is -4.26. The Labute approximate surface area is 175 Å². The van der Waals surface area contributed by atoms with Crippen molar-refractivity contribution in [2.45, 2.75) is 24.8 Å². The summed E-state index contributed by atoms with van der Waals surface area (Å²) in [6.45, 7) is 3.34. The molecule has 0 heterocycles. The third-order valence-corrected chi connectivity index (χ3v) is 5.76. The molecule has 2 aromatic carbocycles. The first-order valence-electron chi connectivity index (χ1n) is 9.02. The second kappa shape index (κ2) is 9.77. The zero-order chi connectivity index (χ0) is 22.5. The highest BCUT2D eigenvalue weighted by Gasteiger charge is 2.30. The Balaban J connectivity index is 2.32. The quantitative estimate of drug-likeness (QED) is 0.622. The van der Waals surface area contributed by atoms with Crippen LogP contribution in [-0.4, -0.2) is 41.7 Å². The number of carbonyl (C=O) groups is 1. The molecule has 0 aliphatic rings. The molecule has 1 amide bonds. The SMILES string of the molecule is COc1cc(NC(=O)[C@@H](NS(=O)(=O)c2ccccc2F)C(C)C)cc(OC)c1OC. The van der Waals surface area contributed by atoms with Gasteiger partial charge in [-0.05, 0) is 18.1 Å². The molecular formula is C20H25FN2O6S. The number of methoxy groups -OCH3 is 3. The molecule has 0 unspecified atom stereocenters. The van der Waals surface area contributed by atoms with Crippen LogP contribution in [-0.2, 0) is 14.8 Å². The number of ether oxygens (including phenoxy) is 3. The van der Waals surface area contributed by atoms with Gasteiger partial charge in [0.1, 0.15) is 16.8 Å². The predicted molar refractivity (Wildman–Crippen MR) is 110 cm³/mol. The van der Waals surface area contributed by atoms with Crippen LogP contribution in [0.2, 0.25) is 0 Å². The van der Waals surface area contributed by atoms with Gasteiger partial charge in [0.25, 0.3) is 0 Å². The summed E-state index contributed by atoms with van der Waals surface area (Å²) in [5.74, 6) is -0.968. The summed E-state index contributed by atoms with van der Waals surface area (Å²) >= 11 is 0. The Morgan fingerprint density at radius 3 is 2.03 bits per heavy atom. The summed E-state index contributed by atoms with van der Waals surface area (Å²) in [5.41, 5.74) is 0.310. The van der Waals surface area contributed by atoms with Gasteiger partial charge in [0.05, 0.1) is 21.3 Å². The maximum Gasteiger partial charge on any atom is 0.244 e. The highest BCUT2D eigenvalue weighted by molar-refractivity contribution is 7.89. The first-order chi connectivity index (χ1) is 14.1. The number of rotatable bonds is 9. The number of hydrogen-bond acceptors (Lipinski definition) is 6. The molecule has 8 nitrogen and oxygen atoms in total. The molecule has 30 heavy (non-hydrogen) atoms. The van der Waals surface area contributed by atoms with Crippen molar-refractivity contribution in [1.29, 1.82) is 0 Å². The van der Waals surface area contributed by atoms with E-state index in [1.165, 1.54) is 45.6 Å². The van der Waals surface area contributed by atoms with E-state index in [-0.39, 0.29) is 0 Å². The summed E-state index contributed by atoms with van der Waals surface area (Å²) < 4.78 is 57.2. The van der Waals surface area contributed by atoms with Crippen LogP contribution in [0.5, 0.6) is 17.2 Å². The fourth-order valence-corrected chi connectivity index (χ4v) is 4.18. The van der Waals surface area contributed by atoms with Gasteiger partial charge in [0, 0.05) is 17.8 Å². The molecule has 0 fully saturated rings. The lowest BCUT2D eigenvalue weighted by Crippen LogP contribution is -2.47. The molecule has 1 atom stereocenters. The number of hydrogen-bond donors (Lipinski definition) is 2. The van der Waals surface area contributed by atoms with E-state index < -0.39 is 38.6 Å². The maximum atomic E-state index is 14.0. The number of anilines is 1. The number of amides is 1. The molecule has 0 aromatic heterocycles. The predicted octanol–water partition coefficient (Wildman–Crippen LogP) is 2.79. The van der Waals surface area contributed by atoms with E-state index >= 15 is 0 Å². The van der Waals surface area contributed by atoms with Crippen LogP contribution >= 0.6 is 0 Å². The van der Waals surface area contributed by atoms with Crippen LogP contribution in [0.25, 0.3) is 0 Å². The topological polar surface area (TPSA) is 103 Å². The van der Waals surface area contributed by atoms with Crippen LogP contribution in [0.15, 0.2) is 41.3 Å². The summed E-state index contributed by atoms with van der Waals surface area (Å²) in [4.78, 5) is 12.3. The molecule has 2 rings (SSSR count). The lowest BCUT2D eigenvalue weighted by molar-refractivity contribution is -0.118. The summed E-state index contributed by atoms with van der Waals surface area (Å²) in [7, 11) is 0.0511. The van der Waals surface area contributed by atoms with Gasteiger partial charge in [0.15, 0.2) is 11.5 Å². The van der Waals surface area contributed by atoms with Gasteiger partial charge in [0.2, 0.25) is 21.7 Å². The van der Waals surface area contributed by atoms with Crippen LogP contribution in [0.1, 0.15) is 13.8 Å². The second-order valence-corrected chi connectivity index (χ2v) is 8.36. The van der Waals surface area contributed by atoms with Crippen molar-refractivity contribution in [3.05, 3.63) is 42.2 Å². The Bertz CT molecular complexity index is 985. The van der Waals surface area contributed by atoms with Crippen LogP contribution in [0, 0.1) is 11.7 Å². The molecule has 0 radical (unpaired) electrons. The number of halogens is 1. The Kier molecular flexibility index (Phi) is 7.63. The number of carbonyl (C=O) groups excluding carboxylic acids is 1. The standard InChI is InChI=1S/C20H25FN2O6S/c1-12(2)18(23-30(25,26)17-9-7-6-8-14(17)21)20(24)22-13-10-15(27-3)19(29-5)16(11-13)28-4/h6-12,18,23H,1-5H3,(H,22,24)/t18-/m0/s1. The normalized spacial score (nSPS) is 12.4. The largest absolute Gasteiger partial charge is 0.493 e. The molecule has 0 bridgehead atoms. The van der Waals surface area contributed by atoms with Gasteiger partial charge >= 0.3 is 0 Å². The Hall–Kier alpha value is -2.85. The Morgan fingerprint density at radius 2 is 1.57 bits per heavy atom. The molecule has 2 N–H and O–H groups in total. The van der Waals surface area contributed by atoms with E-state index in [1.54, 1.807) is 13.8 Å². The van der Waals surface area contributed by atoms with Gasteiger partial charge in [-0.15, -0.1) is 0 Å². The van der Waals surface area contributed by atoms with Crippen molar-refractivity contribution >= 4 is 21.6 Å². The number of benzene rings is 2. The second-order valence-electron chi connectivity index (χ2n) is 6.68. The van der Waals surface area contributed by atoms with Gasteiger partial charge < -0.3 is 19.5 Å². The molecule has 2 aromatic rings. The monoisotopic (exact) mass is 440 g/mol. The average Bonchev–Trinajstić information content (AvgIpc) is 2.71. The lowest BCUT2D eigenvalue weighted by Gasteiger charge is -2.22. The molecule has 0 spiro atoms. The molecule has 10 heteroatoms. The third-order valence-electron chi connectivity index (χ3n) is 4.29. The first-order valence-corrected chi connectivity index (χ1v) is 10.5. The molecule has 0 saturated carbocycles. The number of nitrogens with one attached hydrogen (secondary N) is 2. The first kappa shape index (κ1) is 23.4. The summed E-state index contributed by atoms with van der Waals surface area (Å²) in [5, 5.41) is 2.64. The summed E-state index contributed by atoms with van der Waals surface area (Å²) in [6.07, 6.45) is 0. The van der Waals surface area contributed by atoms with Gasteiger partial charge in [-0.3, -0.25) is 4.79 Å². The van der Waals surface area contributed by atoms with E-state index in [1.807, 2.05) is 0 Å². The minimum Gasteiger partial charge on any atom is -0.493 e. The van der Waals surface area contributed by atoms with Crippen molar-refractivity contribution in [2.24, 2.45) is 5.92 Å². The highest BCUT2D eigenvalue weighted by Crippen LogP contribution is 2.40. The molecule has 0 saturated heterocycles. The lowest BCUT2D eigenvalue weighted by atomic mass is 10.0. The zero-order valence-corrected chi connectivity index (χ0v) is 18.2. The minimum absolute atomic E-state index is 0.310. The van der Waals surface area contributed by atoms with E-state index in [9.17, 15) is 17.6 Å². The van der Waals surface area contributed by atoms with E-state index in [4.69, 9.17) is 14.2 Å². The van der Waals surface area contributed by atoms with Crippen LogP contribution in [0.3, 0.4) is 0 Å². The fourth-order valence-electron chi connectivity index (χ4n) is 2.76. The Morgan fingerprint density at radius 1 is 1.00 bits per heavy atom. The van der Waals surface area contributed by atoms with Gasteiger partial charge in [-0.2, -0.15) is 4.72 Å². The molecule has 0 aliphatic heterocycles. The third kappa shape index (κ3) is 5.19. The van der Waals surface area contributed by atoms with E-state index in [0.29, 0.717) is 22.9 Å². The van der Waals surface area contributed by atoms with Crippen LogP contribution in [0.4, 0.5) is 10.1 Å². The van der Waals surface area contributed by atoms with Gasteiger partial charge in [-0.25, -0.2) is 12.8 Å². The molecule has 0 aliphatic carbocycles. The van der Waals surface area contributed by atoms with Crippen molar-refractivity contribution in [3.8, 4) is 17.2 Å². The van der Waals surface area contributed by atoms with Crippen molar-refractivity contribution in [2.75, 3.05) is 26.6 Å². The van der Waals surface area contributed by atoms with E-state index in [0.717, 1.165) is 12.1 Å². The highest BCUT2D eigenvalue weighted by atomic mass is 32.2. The zero-order valence-electron chi connectivity index (χ0n) is 17.4. The maximum absolute atomic E-state index is 14.0. The van der Waals surface area contributed by atoms with Crippen molar-refractivity contribution < 1.29 is 31.8 Å². The fraction of sp³-hybridized carbons (Fsp3) is 0.350. The average molecular weight is 440 g/mol. The van der Waals surface area contributed by atoms with Gasteiger partial charge in [-0.1, -0.05) is 26.0 Å². The summed E-state index contributed by atoms with van der Waals surface area (Å²) in [6, 6.07) is 6.82. The van der Waals surface area contributed by atoms with E-state index in [2.05, 4.69) is 10.0 Å². The van der Waals surface area contributed by atoms with Crippen LogP contribution < -0.4 is 24.2 Å². The molecular weight excluding hydrogens is 415 g/mol. The molecule has 164 valence electrons. The van der Waals surface area contributed by atoms with Crippen molar-refractivity contribution in [1.82, 2.24) is 4.72 Å².